The zero-order valence-corrected chi connectivity index (χ0v) is 17.5. The lowest BCUT2D eigenvalue weighted by Gasteiger charge is -2.58. The molecule has 0 rings (SSSR count). The van der Waals surface area contributed by atoms with Crippen LogP contribution in [0.4, 0.5) is 0 Å². The highest BCUT2D eigenvalue weighted by atomic mass is 28.3. The molecule has 4 nitrogen and oxygen atoms in total. The Morgan fingerprint density at radius 3 is 1.52 bits per heavy atom. The van der Waals surface area contributed by atoms with Crippen LogP contribution in [0.15, 0.2) is 11.6 Å². The van der Waals surface area contributed by atoms with Gasteiger partial charge in [0.1, 0.15) is 8.07 Å². The number of carbonyl (C=O) groups is 2. The van der Waals surface area contributed by atoms with Crippen LogP contribution < -0.4 is 0 Å². The van der Waals surface area contributed by atoms with Gasteiger partial charge in [0.25, 0.3) is 0 Å². The maximum absolute atomic E-state index is 12.2. The molecule has 0 aromatic heterocycles. The summed E-state index contributed by atoms with van der Waals surface area (Å²) in [4.78, 5) is 22.9. The third-order valence-electron chi connectivity index (χ3n) is 4.92. The van der Waals surface area contributed by atoms with E-state index in [0.717, 1.165) is 6.08 Å². The van der Waals surface area contributed by atoms with E-state index in [0.29, 0.717) is 6.23 Å². The lowest BCUT2D eigenvalue weighted by atomic mass is 10.2. The molecule has 0 atom stereocenters. The predicted molar refractivity (Wildman–Crippen MR) is 97.3 cm³/mol. The summed E-state index contributed by atoms with van der Waals surface area (Å²) in [6.45, 7) is 21.5. The van der Waals surface area contributed by atoms with Gasteiger partial charge in [0, 0.05) is 11.6 Å². The lowest BCUT2D eigenvalue weighted by molar-refractivity contribution is -0.138. The number of carboxylic acids is 1. The quantitative estimate of drug-likeness (QED) is 0.446. The van der Waals surface area contributed by atoms with E-state index in [1.54, 1.807) is 0 Å². The van der Waals surface area contributed by atoms with Crippen molar-refractivity contribution in [3.05, 3.63) is 11.6 Å². The summed E-state index contributed by atoms with van der Waals surface area (Å²) in [5.41, 5.74) is 0.122. The van der Waals surface area contributed by atoms with Crippen LogP contribution in [0.5, 0.6) is 0 Å². The third-order valence-corrected chi connectivity index (χ3v) is 13.2. The largest absolute Gasteiger partial charge is 0.478 e. The number of hydrogen-bond acceptors (Lipinski definition) is 3. The second-order valence-electron chi connectivity index (χ2n) is 9.40. The molecule has 23 heavy (non-hydrogen) atoms. The van der Waals surface area contributed by atoms with Crippen LogP contribution in [0.3, 0.4) is 0 Å². The Balaban J connectivity index is 5.79. The van der Waals surface area contributed by atoms with Crippen LogP contribution in [0.2, 0.25) is 15.1 Å². The van der Waals surface area contributed by atoms with E-state index in [2.05, 4.69) is 62.3 Å². The van der Waals surface area contributed by atoms with Crippen molar-refractivity contribution in [2.45, 2.75) is 84.4 Å². The molecule has 0 amide bonds. The fraction of sp³-hybridized carbons (Fsp3) is 0.778. The van der Waals surface area contributed by atoms with Crippen LogP contribution in [0.1, 0.15) is 69.2 Å². The Labute approximate surface area is 142 Å². The van der Waals surface area contributed by atoms with Gasteiger partial charge in [0.2, 0.25) is 0 Å². The predicted octanol–water partition coefficient (Wildman–Crippen LogP) is 4.95. The summed E-state index contributed by atoms with van der Waals surface area (Å²) < 4.78 is 5.64. The van der Waals surface area contributed by atoms with Crippen molar-refractivity contribution >= 4 is 20.0 Å². The molecular weight excluding hydrogens is 308 g/mol. The van der Waals surface area contributed by atoms with Gasteiger partial charge >= 0.3 is 11.9 Å². The minimum atomic E-state index is -2.17. The van der Waals surface area contributed by atoms with E-state index in [4.69, 9.17) is 9.84 Å². The van der Waals surface area contributed by atoms with Gasteiger partial charge in [-0.3, -0.25) is 0 Å². The number of aliphatic carboxylic acids is 1. The highest BCUT2D eigenvalue weighted by Gasteiger charge is 2.60. The van der Waals surface area contributed by atoms with Crippen molar-refractivity contribution in [3.8, 4) is 0 Å². The Hall–Kier alpha value is -1.10. The highest BCUT2D eigenvalue weighted by Crippen LogP contribution is 2.61. The van der Waals surface area contributed by atoms with Crippen LogP contribution in [-0.2, 0) is 14.3 Å². The Kier molecular flexibility index (Phi) is 6.47. The Morgan fingerprint density at radius 1 is 0.913 bits per heavy atom. The number of esters is 1. The summed E-state index contributed by atoms with van der Waals surface area (Å²) in [6, 6.07) is 0. The number of ether oxygens (including phenoxy) is 1. The number of carbonyl (C=O) groups excluding carboxylic acids is 1. The molecule has 0 saturated heterocycles. The molecule has 0 radical (unpaired) electrons. The number of carboxylic acid groups (broad SMARTS) is 1. The first-order chi connectivity index (χ1) is 9.97. The first kappa shape index (κ1) is 21.9. The van der Waals surface area contributed by atoms with E-state index in [9.17, 15) is 9.59 Å². The molecule has 5 heteroatoms. The first-order valence-corrected chi connectivity index (χ1v) is 10.3. The summed E-state index contributed by atoms with van der Waals surface area (Å²) in [6.07, 6.45) is 1.28. The van der Waals surface area contributed by atoms with E-state index >= 15 is 0 Å². The molecule has 0 unspecified atom stereocenters. The zero-order chi connectivity index (χ0) is 18.9. The first-order valence-electron chi connectivity index (χ1n) is 8.06. The van der Waals surface area contributed by atoms with E-state index in [-0.39, 0.29) is 20.7 Å². The van der Waals surface area contributed by atoms with Crippen molar-refractivity contribution in [2.24, 2.45) is 0 Å². The van der Waals surface area contributed by atoms with E-state index in [1.807, 2.05) is 0 Å². The topological polar surface area (TPSA) is 63.6 Å². The Bertz CT molecular complexity index is 449. The number of rotatable bonds is 4. The maximum Gasteiger partial charge on any atom is 0.333 e. The summed E-state index contributed by atoms with van der Waals surface area (Å²) in [7, 11) is -2.17. The fourth-order valence-electron chi connectivity index (χ4n) is 4.56. The summed E-state index contributed by atoms with van der Waals surface area (Å²) >= 11 is 0. The molecule has 0 bridgehead atoms. The standard InChI is InChI=1S/C18H34O4Si/c1-13(11-14(19)20)15(21)22-12-23(16(2,3)4,17(5,6)7)18(8,9)10/h11H,12H2,1-10H3,(H,19,20)/b13-11-. The Morgan fingerprint density at radius 2 is 1.26 bits per heavy atom. The van der Waals surface area contributed by atoms with E-state index < -0.39 is 20.0 Å². The molecule has 134 valence electrons. The number of hydrogen-bond donors (Lipinski definition) is 1. The van der Waals surface area contributed by atoms with Gasteiger partial charge < -0.3 is 9.84 Å². The van der Waals surface area contributed by atoms with Gasteiger partial charge in [-0.2, -0.15) is 0 Å². The second-order valence-corrected chi connectivity index (χ2v) is 16.0. The average Bonchev–Trinajstić information content (AvgIpc) is 2.22. The van der Waals surface area contributed by atoms with Gasteiger partial charge in [0.05, 0.1) is 6.23 Å². The summed E-state index contributed by atoms with van der Waals surface area (Å²) in [5, 5.41) is 8.84. The molecule has 1 N–H and O–H groups in total. The zero-order valence-electron chi connectivity index (χ0n) is 16.5. The molecular formula is C18H34O4Si. The van der Waals surface area contributed by atoms with Crippen molar-refractivity contribution in [3.63, 3.8) is 0 Å². The molecule has 0 spiro atoms. The minimum absolute atomic E-state index is 0.0220. The SMILES string of the molecule is C/C(=C/C(=O)O)C(=O)OC[Si](C(C)(C)C)(C(C)(C)C)C(C)(C)C. The van der Waals surface area contributed by atoms with Crippen molar-refractivity contribution < 1.29 is 19.4 Å². The van der Waals surface area contributed by atoms with Gasteiger partial charge in [-0.1, -0.05) is 62.3 Å². The van der Waals surface area contributed by atoms with Crippen molar-refractivity contribution in [1.29, 1.82) is 0 Å². The van der Waals surface area contributed by atoms with Gasteiger partial charge in [-0.15, -0.1) is 0 Å². The minimum Gasteiger partial charge on any atom is -0.478 e. The molecule has 0 aromatic rings. The molecule has 0 saturated carbocycles. The smallest absolute Gasteiger partial charge is 0.333 e. The van der Waals surface area contributed by atoms with Crippen molar-refractivity contribution in [2.75, 3.05) is 6.23 Å². The molecule has 0 aliphatic rings. The highest BCUT2D eigenvalue weighted by molar-refractivity contribution is 6.87. The fourth-order valence-corrected chi connectivity index (χ4v) is 13.0. The normalized spacial score (nSPS) is 14.6. The average molecular weight is 343 g/mol. The maximum atomic E-state index is 12.2. The molecule has 0 fully saturated rings. The van der Waals surface area contributed by atoms with E-state index in [1.165, 1.54) is 6.92 Å². The van der Waals surface area contributed by atoms with Gasteiger partial charge in [0.15, 0.2) is 0 Å². The lowest BCUT2D eigenvalue weighted by Crippen LogP contribution is -2.62. The van der Waals surface area contributed by atoms with Gasteiger partial charge in [-0.25, -0.2) is 9.59 Å². The molecule has 0 aromatic carbocycles. The third kappa shape index (κ3) is 4.69. The molecule has 0 aliphatic carbocycles. The molecule has 0 heterocycles. The van der Waals surface area contributed by atoms with Gasteiger partial charge in [-0.05, 0) is 22.0 Å². The van der Waals surface area contributed by atoms with Crippen LogP contribution in [0.25, 0.3) is 0 Å². The molecule has 0 aliphatic heterocycles. The van der Waals surface area contributed by atoms with Crippen LogP contribution >= 0.6 is 0 Å². The van der Waals surface area contributed by atoms with Crippen molar-refractivity contribution in [1.82, 2.24) is 0 Å². The summed E-state index contributed by atoms with van der Waals surface area (Å²) in [5.74, 6) is -1.67. The monoisotopic (exact) mass is 342 g/mol. The van der Waals surface area contributed by atoms with Crippen LogP contribution in [-0.4, -0.2) is 31.3 Å². The van der Waals surface area contributed by atoms with Crippen LogP contribution in [0, 0.1) is 0 Å². The second kappa shape index (κ2) is 6.79.